The summed E-state index contributed by atoms with van der Waals surface area (Å²) in [5.74, 6) is -5.24. The van der Waals surface area contributed by atoms with E-state index in [4.69, 9.17) is 16.3 Å². The van der Waals surface area contributed by atoms with Gasteiger partial charge in [-0.2, -0.15) is 5.26 Å². The van der Waals surface area contributed by atoms with Crippen molar-refractivity contribution in [3.05, 3.63) is 51.9 Å². The van der Waals surface area contributed by atoms with Gasteiger partial charge in [0.15, 0.2) is 17.2 Å². The first-order chi connectivity index (χ1) is 17.0. The lowest BCUT2D eigenvalue weighted by Gasteiger charge is -2.22. The molecule has 1 aromatic carbocycles. The molecule has 1 aliphatic rings. The number of hydrogen-bond acceptors (Lipinski definition) is 8. The van der Waals surface area contributed by atoms with Crippen LogP contribution in [0.4, 0.5) is 20.3 Å². The molecule has 3 heterocycles. The Bertz CT molecular complexity index is 1380. The second kappa shape index (κ2) is 9.79. The van der Waals surface area contributed by atoms with Crippen molar-refractivity contribution in [2.75, 3.05) is 37.0 Å². The molecule has 0 spiro atoms. The Kier molecular flexibility index (Phi) is 6.93. The molecule has 0 saturated carbocycles. The number of nitrogens with zero attached hydrogens (tertiary/aromatic N) is 5. The number of benzene rings is 1. The Hall–Kier alpha value is -3.62. The van der Waals surface area contributed by atoms with Crippen molar-refractivity contribution >= 4 is 40.1 Å². The number of aromatic carboxylic acids is 1. The minimum Gasteiger partial charge on any atom is -0.476 e. The number of fused-ring (bicyclic) bond motifs is 1. The molecule has 0 bridgehead atoms. The van der Waals surface area contributed by atoms with E-state index in [1.54, 1.807) is 13.0 Å². The summed E-state index contributed by atoms with van der Waals surface area (Å²) in [6.45, 7) is 2.87. The summed E-state index contributed by atoms with van der Waals surface area (Å²) in [5.41, 5.74) is 2.26. The van der Waals surface area contributed by atoms with Gasteiger partial charge < -0.3 is 20.1 Å². The first-order valence-electron chi connectivity index (χ1n) is 11.0. The molecule has 36 heavy (non-hydrogen) atoms. The molecule has 3 aromatic rings. The maximum atomic E-state index is 14.6. The maximum Gasteiger partial charge on any atom is 0.356 e. The lowest BCUT2D eigenvalue weighted by atomic mass is 10.0. The zero-order valence-corrected chi connectivity index (χ0v) is 20.5. The summed E-state index contributed by atoms with van der Waals surface area (Å²) in [6.07, 6.45) is 0. The van der Waals surface area contributed by atoms with E-state index in [1.165, 1.54) is 24.1 Å². The lowest BCUT2D eigenvalue weighted by Crippen LogP contribution is -2.30. The average Bonchev–Trinajstić information content (AvgIpc) is 3.12. The summed E-state index contributed by atoms with van der Waals surface area (Å²) in [5, 5.41) is 22.4. The van der Waals surface area contributed by atoms with Crippen molar-refractivity contribution in [2.24, 2.45) is 5.92 Å². The number of aryl methyl sites for hydroxylation is 1. The Labute approximate surface area is 210 Å². The topological polar surface area (TPSA) is 124 Å². The fraction of sp³-hybridized carbons (Fsp3) is 0.375. The maximum absolute atomic E-state index is 14.6. The quantitative estimate of drug-likeness (QED) is 0.438. The van der Waals surface area contributed by atoms with Crippen LogP contribution in [0, 0.1) is 24.2 Å². The summed E-state index contributed by atoms with van der Waals surface area (Å²) < 4.78 is 34.1. The standard InChI is InChI=1S/C24H23ClF2N6O3/c1-12-6-15(13(2)29-16-4-5-19(25)31-21(16)23(34)35)20-17(7-12)30-18(8-28)22(32-20)33-9-14(10-36-3)24(26,27)11-33/h4-7,13-14,29H,9-11H2,1-3H3,(H,34,35)/t13-,14-/m1/s1. The summed E-state index contributed by atoms with van der Waals surface area (Å²) >= 11 is 5.86. The molecule has 0 amide bonds. The third-order valence-electron chi connectivity index (χ3n) is 6.04. The minimum absolute atomic E-state index is 0.0386. The molecule has 12 heteroatoms. The van der Waals surface area contributed by atoms with Gasteiger partial charge >= 0.3 is 5.97 Å². The largest absolute Gasteiger partial charge is 0.476 e. The molecule has 2 N–H and O–H groups in total. The molecule has 1 aliphatic heterocycles. The fourth-order valence-electron chi connectivity index (χ4n) is 4.36. The monoisotopic (exact) mass is 516 g/mol. The SMILES string of the molecule is COC[C@H]1CN(c2nc3c([C@@H](C)Nc4ccc(Cl)nc4C(=O)O)cc(C)cc3nc2C#N)CC1(F)F. The number of methoxy groups -OCH3 is 1. The third-order valence-corrected chi connectivity index (χ3v) is 6.25. The van der Waals surface area contributed by atoms with Crippen molar-refractivity contribution in [3.8, 4) is 6.07 Å². The summed E-state index contributed by atoms with van der Waals surface area (Å²) in [4.78, 5) is 26.0. The molecule has 188 valence electrons. The second-order valence-electron chi connectivity index (χ2n) is 8.72. The van der Waals surface area contributed by atoms with Gasteiger partial charge in [0, 0.05) is 19.2 Å². The van der Waals surface area contributed by atoms with E-state index in [1.807, 2.05) is 19.1 Å². The molecular weight excluding hydrogens is 494 g/mol. The van der Waals surface area contributed by atoms with Crippen LogP contribution in [0.1, 0.15) is 40.3 Å². The van der Waals surface area contributed by atoms with Gasteiger partial charge in [0.25, 0.3) is 5.92 Å². The predicted molar refractivity (Wildman–Crippen MR) is 130 cm³/mol. The van der Waals surface area contributed by atoms with Gasteiger partial charge in [-0.15, -0.1) is 0 Å². The Balaban J connectivity index is 1.78. The number of hydrogen-bond donors (Lipinski definition) is 2. The average molecular weight is 517 g/mol. The van der Waals surface area contributed by atoms with Crippen LogP contribution >= 0.6 is 11.6 Å². The molecule has 0 aliphatic carbocycles. The zero-order chi connectivity index (χ0) is 26.2. The van der Waals surface area contributed by atoms with Crippen LogP contribution in [0.3, 0.4) is 0 Å². The molecule has 4 rings (SSSR count). The van der Waals surface area contributed by atoms with Crippen LogP contribution in [0.25, 0.3) is 11.0 Å². The van der Waals surface area contributed by atoms with E-state index in [0.29, 0.717) is 16.6 Å². The molecule has 1 saturated heterocycles. The van der Waals surface area contributed by atoms with Crippen LogP contribution in [0.2, 0.25) is 5.15 Å². The molecular formula is C24H23ClF2N6O3. The van der Waals surface area contributed by atoms with Gasteiger partial charge in [-0.1, -0.05) is 17.7 Å². The highest BCUT2D eigenvalue weighted by molar-refractivity contribution is 6.29. The van der Waals surface area contributed by atoms with E-state index in [9.17, 15) is 23.9 Å². The Morgan fingerprint density at radius 2 is 2.14 bits per heavy atom. The molecule has 0 radical (unpaired) electrons. The number of aromatic nitrogens is 3. The number of carbonyl (C=O) groups is 1. The van der Waals surface area contributed by atoms with Gasteiger partial charge in [0.05, 0.1) is 41.8 Å². The first kappa shape index (κ1) is 25.5. The number of nitrogens with one attached hydrogen (secondary N) is 1. The number of halogens is 3. The van der Waals surface area contributed by atoms with Gasteiger partial charge in [-0.25, -0.2) is 28.5 Å². The molecule has 9 nitrogen and oxygen atoms in total. The van der Waals surface area contributed by atoms with Crippen molar-refractivity contribution in [2.45, 2.75) is 25.8 Å². The number of rotatable bonds is 7. The van der Waals surface area contributed by atoms with Crippen LogP contribution in [0.15, 0.2) is 24.3 Å². The van der Waals surface area contributed by atoms with Crippen molar-refractivity contribution in [1.82, 2.24) is 15.0 Å². The van der Waals surface area contributed by atoms with Crippen molar-refractivity contribution in [3.63, 3.8) is 0 Å². The zero-order valence-electron chi connectivity index (χ0n) is 19.7. The van der Waals surface area contributed by atoms with E-state index in [-0.39, 0.29) is 41.2 Å². The molecule has 2 atom stereocenters. The minimum atomic E-state index is -3.01. The van der Waals surface area contributed by atoms with E-state index >= 15 is 0 Å². The number of carboxylic acid groups (broad SMARTS) is 1. The number of nitriles is 1. The van der Waals surface area contributed by atoms with Gasteiger partial charge in [0.1, 0.15) is 11.2 Å². The predicted octanol–water partition coefficient (Wildman–Crippen LogP) is 4.45. The third kappa shape index (κ3) is 4.87. The summed E-state index contributed by atoms with van der Waals surface area (Å²) in [6, 6.07) is 8.08. The lowest BCUT2D eigenvalue weighted by molar-refractivity contribution is -0.0462. The normalized spacial score (nSPS) is 17.7. The number of anilines is 2. The number of pyridine rings is 1. The smallest absolute Gasteiger partial charge is 0.356 e. The van der Waals surface area contributed by atoms with Crippen LogP contribution in [-0.2, 0) is 4.74 Å². The number of ether oxygens (including phenoxy) is 1. The fourth-order valence-corrected chi connectivity index (χ4v) is 4.51. The van der Waals surface area contributed by atoms with E-state index < -0.39 is 30.4 Å². The molecule has 1 fully saturated rings. The van der Waals surface area contributed by atoms with Crippen LogP contribution in [0.5, 0.6) is 0 Å². The van der Waals surface area contributed by atoms with Gasteiger partial charge in [-0.3, -0.25) is 0 Å². The second-order valence-corrected chi connectivity index (χ2v) is 9.11. The van der Waals surface area contributed by atoms with Crippen LogP contribution < -0.4 is 10.2 Å². The molecule has 2 aromatic heterocycles. The highest BCUT2D eigenvalue weighted by Gasteiger charge is 2.49. The van der Waals surface area contributed by atoms with Gasteiger partial charge in [0.2, 0.25) is 0 Å². The van der Waals surface area contributed by atoms with Crippen LogP contribution in [-0.4, -0.2) is 58.8 Å². The Morgan fingerprint density at radius 1 is 1.39 bits per heavy atom. The van der Waals surface area contributed by atoms with E-state index in [2.05, 4.69) is 20.3 Å². The van der Waals surface area contributed by atoms with Crippen molar-refractivity contribution in [1.29, 1.82) is 5.26 Å². The molecule has 0 unspecified atom stereocenters. The number of carboxylic acids is 1. The summed E-state index contributed by atoms with van der Waals surface area (Å²) in [7, 11) is 1.37. The highest BCUT2D eigenvalue weighted by atomic mass is 35.5. The van der Waals surface area contributed by atoms with E-state index in [0.717, 1.165) is 5.56 Å². The highest BCUT2D eigenvalue weighted by Crippen LogP contribution is 2.37. The Morgan fingerprint density at radius 3 is 2.81 bits per heavy atom. The first-order valence-corrected chi connectivity index (χ1v) is 11.4. The number of alkyl halides is 2. The van der Waals surface area contributed by atoms with Gasteiger partial charge in [-0.05, 0) is 37.6 Å². The van der Waals surface area contributed by atoms with Crippen molar-refractivity contribution < 1.29 is 23.4 Å².